The highest BCUT2D eigenvalue weighted by Crippen LogP contribution is 2.15. The molecule has 0 aliphatic heterocycles. The number of carbonyl (C=O) groups excluding carboxylic acids is 1. The lowest BCUT2D eigenvalue weighted by Crippen LogP contribution is -2.03. The van der Waals surface area contributed by atoms with Gasteiger partial charge in [0.15, 0.2) is 23.0 Å². The number of benzene rings is 1. The van der Waals surface area contributed by atoms with E-state index in [-0.39, 0.29) is 0 Å². The van der Waals surface area contributed by atoms with E-state index >= 15 is 0 Å². The highest BCUT2D eigenvalue weighted by Gasteiger charge is 2.09. The highest BCUT2D eigenvalue weighted by molar-refractivity contribution is 14.1. The van der Waals surface area contributed by atoms with Crippen LogP contribution in [0.2, 0.25) is 0 Å². The van der Waals surface area contributed by atoms with Crippen LogP contribution in [0.5, 0.6) is 0 Å². The number of carbonyl (C=O) groups is 1. The van der Waals surface area contributed by atoms with Gasteiger partial charge in [-0.3, -0.25) is 0 Å². The maximum absolute atomic E-state index is 11.1. The fraction of sp³-hybridized carbons (Fsp3) is 0.125. The van der Waals surface area contributed by atoms with E-state index in [9.17, 15) is 4.79 Å². The second-order valence-electron chi connectivity index (χ2n) is 2.46. The number of rotatable bonds is 1. The Balaban J connectivity index is 3.13. The predicted molar refractivity (Wildman–Crippen MR) is 55.0 cm³/mol. The first kappa shape index (κ1) is 9.31. The first-order valence-corrected chi connectivity index (χ1v) is 4.22. The summed E-state index contributed by atoms with van der Waals surface area (Å²) in [6.07, 6.45) is 0. The number of anilines is 1. The van der Waals surface area contributed by atoms with Gasteiger partial charge in [-0.05, 0) is 19.1 Å². The molecular formula is C8H8INO2. The van der Waals surface area contributed by atoms with Crippen molar-refractivity contribution >= 4 is 34.7 Å². The molecule has 0 saturated heterocycles. The first-order valence-electron chi connectivity index (χ1n) is 3.34. The number of hydrogen-bond donors (Lipinski definition) is 1. The molecule has 0 heterocycles. The molecule has 2 N–H and O–H groups in total. The first-order chi connectivity index (χ1) is 5.65. The minimum Gasteiger partial charge on any atom is -0.398 e. The second-order valence-corrected chi connectivity index (χ2v) is 2.90. The van der Waals surface area contributed by atoms with Gasteiger partial charge in [0.2, 0.25) is 0 Å². The average Bonchev–Trinajstić information content (AvgIpc) is 2.08. The molecule has 0 spiro atoms. The lowest BCUT2D eigenvalue weighted by atomic mass is 10.1. The third-order valence-electron chi connectivity index (χ3n) is 1.50. The van der Waals surface area contributed by atoms with Crippen LogP contribution in [0, 0.1) is 6.92 Å². The Morgan fingerprint density at radius 3 is 2.83 bits per heavy atom. The van der Waals surface area contributed by atoms with Crippen LogP contribution in [-0.4, -0.2) is 5.97 Å². The quantitative estimate of drug-likeness (QED) is 0.631. The molecule has 0 fully saturated rings. The predicted octanol–water partition coefficient (Wildman–Crippen LogP) is 2.08. The largest absolute Gasteiger partial charge is 0.398 e. The van der Waals surface area contributed by atoms with Crippen LogP contribution in [0.1, 0.15) is 15.9 Å². The van der Waals surface area contributed by atoms with Gasteiger partial charge < -0.3 is 8.80 Å². The maximum Gasteiger partial charge on any atom is 0.349 e. The Morgan fingerprint density at radius 1 is 1.58 bits per heavy atom. The molecule has 1 aromatic rings. The van der Waals surface area contributed by atoms with E-state index in [1.165, 1.54) is 0 Å². The summed E-state index contributed by atoms with van der Waals surface area (Å²) in [4.78, 5) is 11.1. The SMILES string of the molecule is Cc1ccc(N)c(C(=O)OI)c1. The fourth-order valence-electron chi connectivity index (χ4n) is 0.888. The lowest BCUT2D eigenvalue weighted by Gasteiger charge is -2.02. The van der Waals surface area contributed by atoms with E-state index in [2.05, 4.69) is 3.07 Å². The Hall–Kier alpha value is -0.780. The zero-order valence-corrected chi connectivity index (χ0v) is 8.66. The summed E-state index contributed by atoms with van der Waals surface area (Å²) in [6, 6.07) is 5.24. The van der Waals surface area contributed by atoms with Crippen molar-refractivity contribution in [2.75, 3.05) is 5.73 Å². The van der Waals surface area contributed by atoms with Crippen molar-refractivity contribution in [3.05, 3.63) is 29.3 Å². The smallest absolute Gasteiger partial charge is 0.349 e. The van der Waals surface area contributed by atoms with Crippen molar-refractivity contribution < 1.29 is 7.86 Å². The Bertz CT molecular complexity index is 312. The van der Waals surface area contributed by atoms with Gasteiger partial charge in [-0.2, -0.15) is 0 Å². The molecule has 12 heavy (non-hydrogen) atoms. The van der Waals surface area contributed by atoms with Gasteiger partial charge >= 0.3 is 5.97 Å². The van der Waals surface area contributed by atoms with Gasteiger partial charge in [0.25, 0.3) is 0 Å². The zero-order chi connectivity index (χ0) is 9.14. The zero-order valence-electron chi connectivity index (χ0n) is 6.50. The van der Waals surface area contributed by atoms with Crippen LogP contribution < -0.4 is 5.73 Å². The molecule has 0 bridgehead atoms. The van der Waals surface area contributed by atoms with Gasteiger partial charge in [0.1, 0.15) is 0 Å². The van der Waals surface area contributed by atoms with Crippen molar-refractivity contribution in [3.8, 4) is 0 Å². The van der Waals surface area contributed by atoms with E-state index in [0.29, 0.717) is 11.3 Å². The normalized spacial score (nSPS) is 9.50. The van der Waals surface area contributed by atoms with Crippen molar-refractivity contribution in [1.82, 2.24) is 0 Å². The molecular weight excluding hydrogens is 269 g/mol. The van der Waals surface area contributed by atoms with Gasteiger partial charge in [-0.25, -0.2) is 4.79 Å². The van der Waals surface area contributed by atoms with Crippen LogP contribution in [0.25, 0.3) is 0 Å². The van der Waals surface area contributed by atoms with Crippen LogP contribution >= 0.6 is 23.0 Å². The minimum absolute atomic E-state index is 0.406. The van der Waals surface area contributed by atoms with Crippen molar-refractivity contribution in [2.24, 2.45) is 0 Å². The standard InChI is InChI=1S/C8H8INO2/c1-5-2-3-7(10)6(4-5)8(11)12-9/h2-4H,10H2,1H3. The molecule has 0 unspecified atom stereocenters. The average molecular weight is 277 g/mol. The minimum atomic E-state index is -0.406. The molecule has 0 radical (unpaired) electrons. The van der Waals surface area contributed by atoms with E-state index in [1.807, 2.05) is 13.0 Å². The second kappa shape index (κ2) is 3.75. The third kappa shape index (κ3) is 1.88. The molecule has 0 amide bonds. The highest BCUT2D eigenvalue weighted by atomic mass is 127. The molecule has 0 atom stereocenters. The maximum atomic E-state index is 11.1. The van der Waals surface area contributed by atoms with E-state index in [1.54, 1.807) is 35.1 Å². The Labute approximate surface area is 84.6 Å². The van der Waals surface area contributed by atoms with Crippen molar-refractivity contribution in [3.63, 3.8) is 0 Å². The molecule has 0 aliphatic carbocycles. The van der Waals surface area contributed by atoms with E-state index in [0.717, 1.165) is 5.56 Å². The summed E-state index contributed by atoms with van der Waals surface area (Å²) in [5.41, 5.74) is 7.42. The molecule has 4 heteroatoms. The number of nitrogens with two attached hydrogens (primary N) is 1. The van der Waals surface area contributed by atoms with Gasteiger partial charge in [-0.1, -0.05) is 11.6 Å². The summed E-state index contributed by atoms with van der Waals surface area (Å²) < 4.78 is 4.52. The summed E-state index contributed by atoms with van der Waals surface area (Å²) >= 11 is 1.54. The van der Waals surface area contributed by atoms with Crippen LogP contribution in [-0.2, 0) is 3.07 Å². The number of halogens is 1. The lowest BCUT2D eigenvalue weighted by molar-refractivity contribution is 0.0801. The number of hydrogen-bond acceptors (Lipinski definition) is 3. The van der Waals surface area contributed by atoms with Gasteiger partial charge in [0.05, 0.1) is 5.56 Å². The van der Waals surface area contributed by atoms with Crippen LogP contribution in [0.4, 0.5) is 5.69 Å². The van der Waals surface area contributed by atoms with Crippen LogP contribution in [0.15, 0.2) is 18.2 Å². The Morgan fingerprint density at radius 2 is 2.25 bits per heavy atom. The Kier molecular flexibility index (Phi) is 2.91. The molecule has 0 saturated carbocycles. The van der Waals surface area contributed by atoms with Crippen LogP contribution in [0.3, 0.4) is 0 Å². The molecule has 64 valence electrons. The molecule has 3 nitrogen and oxygen atoms in total. The molecule has 0 aromatic heterocycles. The fourth-order valence-corrected chi connectivity index (χ4v) is 1.13. The van der Waals surface area contributed by atoms with Crippen molar-refractivity contribution in [1.29, 1.82) is 0 Å². The van der Waals surface area contributed by atoms with E-state index in [4.69, 9.17) is 5.73 Å². The van der Waals surface area contributed by atoms with Crippen molar-refractivity contribution in [2.45, 2.75) is 6.92 Å². The number of aryl methyl sites for hydroxylation is 1. The monoisotopic (exact) mass is 277 g/mol. The third-order valence-corrected chi connectivity index (χ3v) is 1.90. The van der Waals surface area contributed by atoms with Gasteiger partial charge in [-0.15, -0.1) is 0 Å². The summed E-state index contributed by atoms with van der Waals surface area (Å²) in [7, 11) is 0. The summed E-state index contributed by atoms with van der Waals surface area (Å²) in [6.45, 7) is 1.89. The molecule has 1 rings (SSSR count). The molecule has 1 aromatic carbocycles. The summed E-state index contributed by atoms with van der Waals surface area (Å²) in [5.74, 6) is -0.406. The topological polar surface area (TPSA) is 52.3 Å². The number of nitrogen functional groups attached to an aromatic ring is 1. The molecule has 0 aliphatic rings. The van der Waals surface area contributed by atoms with Gasteiger partial charge in [0, 0.05) is 5.69 Å². The summed E-state index contributed by atoms with van der Waals surface area (Å²) in [5, 5.41) is 0. The van der Waals surface area contributed by atoms with E-state index < -0.39 is 5.97 Å².